The monoisotopic (exact) mass is 327 g/mol. The van der Waals surface area contributed by atoms with Gasteiger partial charge in [0.15, 0.2) is 0 Å². The van der Waals surface area contributed by atoms with E-state index in [9.17, 15) is 8.42 Å². The SMILES string of the molecule is CCCCNS(=O)(=O)c1cn(C2CCCC2)nc1C(C)(C)C. The van der Waals surface area contributed by atoms with Crippen LogP contribution in [-0.4, -0.2) is 24.7 Å². The summed E-state index contributed by atoms with van der Waals surface area (Å²) >= 11 is 0. The third-order valence-electron chi connectivity index (χ3n) is 4.22. The summed E-state index contributed by atoms with van der Waals surface area (Å²) in [7, 11) is -3.49. The Morgan fingerprint density at radius 3 is 2.50 bits per heavy atom. The first-order valence-electron chi connectivity index (χ1n) is 8.35. The highest BCUT2D eigenvalue weighted by Gasteiger charge is 2.31. The van der Waals surface area contributed by atoms with Crippen LogP contribution in [0.1, 0.15) is 78.0 Å². The summed E-state index contributed by atoms with van der Waals surface area (Å²) in [5, 5.41) is 4.66. The highest BCUT2D eigenvalue weighted by atomic mass is 32.2. The van der Waals surface area contributed by atoms with E-state index in [1.165, 1.54) is 12.8 Å². The predicted octanol–water partition coefficient (Wildman–Crippen LogP) is 3.37. The van der Waals surface area contributed by atoms with Crippen molar-refractivity contribution in [2.45, 2.75) is 82.6 Å². The number of nitrogens with one attached hydrogen (secondary N) is 1. The number of rotatable bonds is 6. The highest BCUT2D eigenvalue weighted by molar-refractivity contribution is 7.89. The largest absolute Gasteiger partial charge is 0.268 e. The second-order valence-electron chi connectivity index (χ2n) is 7.26. The molecule has 1 aromatic rings. The van der Waals surface area contributed by atoms with Crippen LogP contribution < -0.4 is 4.72 Å². The van der Waals surface area contributed by atoms with Crippen LogP contribution in [0.2, 0.25) is 0 Å². The van der Waals surface area contributed by atoms with Gasteiger partial charge in [0.05, 0.1) is 11.7 Å². The summed E-state index contributed by atoms with van der Waals surface area (Å²) in [6.07, 6.45) is 8.14. The van der Waals surface area contributed by atoms with Crippen molar-refractivity contribution in [2.24, 2.45) is 0 Å². The van der Waals surface area contributed by atoms with Crippen LogP contribution in [0.15, 0.2) is 11.1 Å². The van der Waals surface area contributed by atoms with Crippen molar-refractivity contribution in [2.75, 3.05) is 6.54 Å². The first-order valence-corrected chi connectivity index (χ1v) is 9.83. The Morgan fingerprint density at radius 1 is 1.32 bits per heavy atom. The zero-order chi connectivity index (χ0) is 16.4. The van der Waals surface area contributed by atoms with Crippen LogP contribution in [0.25, 0.3) is 0 Å². The molecule has 126 valence electrons. The van der Waals surface area contributed by atoms with Crippen molar-refractivity contribution in [3.05, 3.63) is 11.9 Å². The molecule has 0 aliphatic heterocycles. The summed E-state index contributed by atoms with van der Waals surface area (Å²) in [6.45, 7) is 8.57. The van der Waals surface area contributed by atoms with Gasteiger partial charge < -0.3 is 0 Å². The van der Waals surface area contributed by atoms with E-state index in [-0.39, 0.29) is 5.41 Å². The molecule has 1 aliphatic carbocycles. The number of hydrogen-bond acceptors (Lipinski definition) is 3. The quantitative estimate of drug-likeness (QED) is 0.815. The molecule has 1 aromatic heterocycles. The summed E-state index contributed by atoms with van der Waals surface area (Å²) in [6, 6.07) is 0.348. The number of hydrogen-bond donors (Lipinski definition) is 1. The third-order valence-corrected chi connectivity index (χ3v) is 5.68. The van der Waals surface area contributed by atoms with Crippen molar-refractivity contribution in [1.29, 1.82) is 0 Å². The van der Waals surface area contributed by atoms with Crippen molar-refractivity contribution in [3.63, 3.8) is 0 Å². The Balaban J connectivity index is 2.35. The topological polar surface area (TPSA) is 64.0 Å². The van der Waals surface area contributed by atoms with E-state index < -0.39 is 10.0 Å². The maximum atomic E-state index is 12.6. The summed E-state index contributed by atoms with van der Waals surface area (Å²) in [4.78, 5) is 0.350. The molecular formula is C16H29N3O2S. The van der Waals surface area contributed by atoms with Gasteiger partial charge in [-0.3, -0.25) is 4.68 Å². The molecule has 5 nitrogen and oxygen atoms in total. The molecule has 1 saturated carbocycles. The first-order chi connectivity index (χ1) is 10.3. The van der Waals surface area contributed by atoms with Gasteiger partial charge in [0.1, 0.15) is 4.90 Å². The number of unbranched alkanes of at least 4 members (excludes halogenated alkanes) is 1. The lowest BCUT2D eigenvalue weighted by Gasteiger charge is -2.18. The lowest BCUT2D eigenvalue weighted by Crippen LogP contribution is -2.27. The number of sulfonamides is 1. The molecule has 22 heavy (non-hydrogen) atoms. The molecule has 1 fully saturated rings. The van der Waals surface area contributed by atoms with Gasteiger partial charge in [-0.25, -0.2) is 13.1 Å². The molecule has 0 saturated heterocycles. The fourth-order valence-corrected chi connectivity index (χ4v) is 4.32. The zero-order valence-electron chi connectivity index (χ0n) is 14.2. The molecule has 0 aromatic carbocycles. The highest BCUT2D eigenvalue weighted by Crippen LogP contribution is 2.33. The Hall–Kier alpha value is -0.880. The minimum atomic E-state index is -3.49. The maximum Gasteiger partial charge on any atom is 0.243 e. The van der Waals surface area contributed by atoms with Gasteiger partial charge in [0, 0.05) is 18.2 Å². The smallest absolute Gasteiger partial charge is 0.243 e. The minimum absolute atomic E-state index is 0.293. The third kappa shape index (κ3) is 3.90. The average Bonchev–Trinajstić information content (AvgIpc) is 3.07. The number of aromatic nitrogens is 2. The van der Waals surface area contributed by atoms with Gasteiger partial charge in [0.25, 0.3) is 0 Å². The molecule has 1 heterocycles. The van der Waals surface area contributed by atoms with E-state index in [0.717, 1.165) is 25.7 Å². The van der Waals surface area contributed by atoms with Crippen molar-refractivity contribution >= 4 is 10.0 Å². The molecule has 2 rings (SSSR count). The lowest BCUT2D eigenvalue weighted by molar-refractivity contribution is 0.448. The molecule has 0 bridgehead atoms. The predicted molar refractivity (Wildman–Crippen MR) is 88.5 cm³/mol. The second kappa shape index (κ2) is 6.71. The van der Waals surface area contributed by atoms with Gasteiger partial charge >= 0.3 is 0 Å². The molecule has 0 spiro atoms. The van der Waals surface area contributed by atoms with Crippen molar-refractivity contribution in [1.82, 2.24) is 14.5 Å². The van der Waals surface area contributed by atoms with Gasteiger partial charge in [-0.05, 0) is 19.3 Å². The fraction of sp³-hybridized carbons (Fsp3) is 0.812. The molecule has 0 amide bonds. The van der Waals surface area contributed by atoms with Gasteiger partial charge in [-0.15, -0.1) is 0 Å². The Labute approximate surface area is 134 Å². The zero-order valence-corrected chi connectivity index (χ0v) is 15.0. The molecule has 1 aliphatic rings. The fourth-order valence-electron chi connectivity index (χ4n) is 2.91. The normalized spacial score (nSPS) is 17.3. The molecular weight excluding hydrogens is 298 g/mol. The average molecular weight is 327 g/mol. The second-order valence-corrected chi connectivity index (χ2v) is 9.00. The van der Waals surface area contributed by atoms with Gasteiger partial charge in [-0.1, -0.05) is 47.0 Å². The molecule has 6 heteroatoms. The Kier molecular flexibility index (Phi) is 5.33. The Morgan fingerprint density at radius 2 is 1.95 bits per heavy atom. The summed E-state index contributed by atoms with van der Waals surface area (Å²) in [5.41, 5.74) is 0.377. The van der Waals surface area contributed by atoms with E-state index in [4.69, 9.17) is 0 Å². The van der Waals surface area contributed by atoms with Gasteiger partial charge in [-0.2, -0.15) is 5.10 Å². The molecule has 0 atom stereocenters. The number of nitrogens with zero attached hydrogens (tertiary/aromatic N) is 2. The first kappa shape index (κ1) is 17.5. The van der Waals surface area contributed by atoms with Gasteiger partial charge in [0.2, 0.25) is 10.0 Å². The maximum absolute atomic E-state index is 12.6. The summed E-state index contributed by atoms with van der Waals surface area (Å²) < 4.78 is 29.9. The standard InChI is InChI=1S/C16H29N3O2S/c1-5-6-11-17-22(20,21)14-12-19(13-9-7-8-10-13)18-15(14)16(2,3)4/h12-13,17H,5-11H2,1-4H3. The molecule has 1 N–H and O–H groups in total. The Bertz CT molecular complexity index is 593. The van der Waals surface area contributed by atoms with Crippen molar-refractivity contribution in [3.8, 4) is 0 Å². The van der Waals surface area contributed by atoms with E-state index >= 15 is 0 Å². The van der Waals surface area contributed by atoms with Crippen LogP contribution in [0.4, 0.5) is 0 Å². The minimum Gasteiger partial charge on any atom is -0.268 e. The molecule has 0 unspecified atom stereocenters. The van der Waals surface area contributed by atoms with Crippen LogP contribution in [0.3, 0.4) is 0 Å². The molecule has 0 radical (unpaired) electrons. The van der Waals surface area contributed by atoms with E-state index in [2.05, 4.69) is 9.82 Å². The van der Waals surface area contributed by atoms with Crippen LogP contribution >= 0.6 is 0 Å². The van der Waals surface area contributed by atoms with Crippen LogP contribution in [0.5, 0.6) is 0 Å². The van der Waals surface area contributed by atoms with Crippen LogP contribution in [-0.2, 0) is 15.4 Å². The van der Waals surface area contributed by atoms with E-state index in [1.54, 1.807) is 6.20 Å². The van der Waals surface area contributed by atoms with Crippen LogP contribution in [0, 0.1) is 0 Å². The van der Waals surface area contributed by atoms with E-state index in [1.807, 2.05) is 32.4 Å². The van der Waals surface area contributed by atoms with E-state index in [0.29, 0.717) is 23.2 Å². The van der Waals surface area contributed by atoms with Crippen molar-refractivity contribution < 1.29 is 8.42 Å². The lowest BCUT2D eigenvalue weighted by atomic mass is 9.92. The summed E-state index contributed by atoms with van der Waals surface area (Å²) in [5.74, 6) is 0.